The number of hydrogen-bond donors (Lipinski definition) is 0. The maximum atomic E-state index is 12.0. The fourth-order valence-electron chi connectivity index (χ4n) is 0.718. The van der Waals surface area contributed by atoms with Crippen LogP contribution >= 0.6 is 31.0 Å². The van der Waals surface area contributed by atoms with Crippen LogP contribution in [0, 0.1) is 0 Å². The highest BCUT2D eigenvalue weighted by Crippen LogP contribution is 2.51. The van der Waals surface area contributed by atoms with E-state index in [0.29, 0.717) is 0 Å². The van der Waals surface area contributed by atoms with Gasteiger partial charge >= 0.3 is 7.82 Å². The molecule has 92 valence electrons. The van der Waals surface area contributed by atoms with Crippen LogP contribution in [0.2, 0.25) is 19.6 Å². The number of alkyl halides is 2. The molecule has 0 radical (unpaired) electrons. The molecular formula is C7H17Cl2O4PSi. The van der Waals surface area contributed by atoms with Crippen LogP contribution in [0.25, 0.3) is 0 Å². The molecule has 0 aliphatic rings. The summed E-state index contributed by atoms with van der Waals surface area (Å²) in [5.41, 5.74) is 0. The van der Waals surface area contributed by atoms with E-state index in [-0.39, 0.29) is 25.0 Å². The normalized spacial score (nSPS) is 13.1. The molecule has 0 amide bonds. The quantitative estimate of drug-likeness (QED) is 0.391. The lowest BCUT2D eigenvalue weighted by atomic mass is 10.9. The number of phosphoric ester groups is 1. The Bertz CT molecular complexity index is 210. The lowest BCUT2D eigenvalue weighted by molar-refractivity contribution is 0.167. The highest BCUT2D eigenvalue weighted by atomic mass is 35.5. The van der Waals surface area contributed by atoms with Crippen molar-refractivity contribution in [2.45, 2.75) is 19.6 Å². The molecule has 0 aromatic rings. The molecule has 0 aromatic carbocycles. The number of rotatable bonds is 8. The van der Waals surface area contributed by atoms with Crippen molar-refractivity contribution in [2.24, 2.45) is 0 Å². The average Bonchev–Trinajstić information content (AvgIpc) is 2.09. The summed E-state index contributed by atoms with van der Waals surface area (Å²) >= 11 is 10.9. The first kappa shape index (κ1) is 15.9. The fourth-order valence-corrected chi connectivity index (χ4v) is 4.90. The van der Waals surface area contributed by atoms with Crippen LogP contribution in [0.1, 0.15) is 0 Å². The van der Waals surface area contributed by atoms with Gasteiger partial charge in [-0.3, -0.25) is 9.05 Å². The van der Waals surface area contributed by atoms with Crippen molar-refractivity contribution in [3.63, 3.8) is 0 Å². The van der Waals surface area contributed by atoms with Crippen molar-refractivity contribution in [1.82, 2.24) is 0 Å². The Hall–Kier alpha value is 0.907. The van der Waals surface area contributed by atoms with Crippen molar-refractivity contribution < 1.29 is 17.8 Å². The Kier molecular flexibility index (Phi) is 7.71. The molecule has 0 spiro atoms. The summed E-state index contributed by atoms with van der Waals surface area (Å²) in [6.07, 6.45) is 0. The zero-order chi connectivity index (χ0) is 11.9. The number of phosphoric acid groups is 1. The van der Waals surface area contributed by atoms with E-state index < -0.39 is 16.1 Å². The standard InChI is InChI=1S/C7H17Cl2O4PSi/c1-15(2,3)13-14(10,11-6-4-8)12-7-5-9/h4-7H2,1-3H3. The van der Waals surface area contributed by atoms with E-state index in [9.17, 15) is 4.57 Å². The van der Waals surface area contributed by atoms with Gasteiger partial charge in [0.15, 0.2) is 8.32 Å². The van der Waals surface area contributed by atoms with Gasteiger partial charge in [0.25, 0.3) is 0 Å². The zero-order valence-corrected chi connectivity index (χ0v) is 12.6. The topological polar surface area (TPSA) is 44.8 Å². The van der Waals surface area contributed by atoms with E-state index in [1.54, 1.807) is 0 Å². The Morgan fingerprint density at radius 3 is 1.73 bits per heavy atom. The first-order valence-corrected chi connectivity index (χ1v) is 10.5. The first-order valence-electron chi connectivity index (χ1n) is 4.55. The molecule has 0 saturated heterocycles. The molecule has 0 atom stereocenters. The second-order valence-electron chi connectivity index (χ2n) is 3.70. The van der Waals surface area contributed by atoms with E-state index in [0.717, 1.165) is 0 Å². The Balaban J connectivity index is 4.34. The summed E-state index contributed by atoms with van der Waals surface area (Å²) in [7, 11) is -5.47. The first-order chi connectivity index (χ1) is 6.83. The number of halogens is 2. The minimum atomic E-state index is -3.48. The minimum Gasteiger partial charge on any atom is -0.330 e. The minimum absolute atomic E-state index is 0.131. The van der Waals surface area contributed by atoms with E-state index in [2.05, 4.69) is 0 Å². The highest BCUT2D eigenvalue weighted by molar-refractivity contribution is 7.50. The van der Waals surface area contributed by atoms with E-state index >= 15 is 0 Å². The lowest BCUT2D eigenvalue weighted by Crippen LogP contribution is -2.25. The largest absolute Gasteiger partial charge is 0.465 e. The van der Waals surface area contributed by atoms with Gasteiger partial charge in [0.05, 0.1) is 13.2 Å². The molecule has 0 unspecified atom stereocenters. The van der Waals surface area contributed by atoms with Crippen LogP contribution in [-0.2, 0) is 17.8 Å². The van der Waals surface area contributed by atoms with Crippen molar-refractivity contribution in [1.29, 1.82) is 0 Å². The third-order valence-electron chi connectivity index (χ3n) is 1.04. The highest BCUT2D eigenvalue weighted by Gasteiger charge is 2.33. The molecule has 0 rings (SSSR count). The van der Waals surface area contributed by atoms with Crippen LogP contribution in [0.3, 0.4) is 0 Å². The van der Waals surface area contributed by atoms with Gasteiger partial charge in [-0.1, -0.05) is 0 Å². The van der Waals surface area contributed by atoms with Crippen molar-refractivity contribution in [3.8, 4) is 0 Å². The molecule has 8 heteroatoms. The van der Waals surface area contributed by atoms with Gasteiger partial charge in [0.1, 0.15) is 0 Å². The van der Waals surface area contributed by atoms with Crippen LogP contribution in [0.4, 0.5) is 0 Å². The smallest absolute Gasteiger partial charge is 0.330 e. The monoisotopic (exact) mass is 294 g/mol. The average molecular weight is 295 g/mol. The molecule has 0 N–H and O–H groups in total. The van der Waals surface area contributed by atoms with E-state index in [1.807, 2.05) is 19.6 Å². The molecule has 0 aliphatic heterocycles. The third-order valence-corrected chi connectivity index (χ3v) is 5.43. The van der Waals surface area contributed by atoms with Crippen LogP contribution in [0.15, 0.2) is 0 Å². The SMILES string of the molecule is C[Si](C)(C)OP(=O)(OCCCl)OCCCl. The van der Waals surface area contributed by atoms with Gasteiger partial charge in [0.2, 0.25) is 0 Å². The van der Waals surface area contributed by atoms with Crippen LogP contribution in [-0.4, -0.2) is 33.3 Å². The second-order valence-corrected chi connectivity index (χ2v) is 10.8. The van der Waals surface area contributed by atoms with Gasteiger partial charge in [-0.05, 0) is 19.6 Å². The van der Waals surface area contributed by atoms with Crippen LogP contribution in [0.5, 0.6) is 0 Å². The Labute approximate surface area is 102 Å². The summed E-state index contributed by atoms with van der Waals surface area (Å²) in [5, 5.41) is 0. The summed E-state index contributed by atoms with van der Waals surface area (Å²) in [6, 6.07) is 0. The molecule has 0 aliphatic carbocycles. The van der Waals surface area contributed by atoms with Gasteiger partial charge in [-0.25, -0.2) is 4.57 Å². The molecule has 0 fully saturated rings. The lowest BCUT2D eigenvalue weighted by Gasteiger charge is -2.24. The molecule has 0 saturated carbocycles. The maximum Gasteiger partial charge on any atom is 0.465 e. The van der Waals surface area contributed by atoms with E-state index in [4.69, 9.17) is 36.5 Å². The van der Waals surface area contributed by atoms with Crippen LogP contribution < -0.4 is 0 Å². The molecule has 15 heavy (non-hydrogen) atoms. The molecule has 4 nitrogen and oxygen atoms in total. The van der Waals surface area contributed by atoms with Crippen molar-refractivity contribution >= 4 is 39.3 Å². The van der Waals surface area contributed by atoms with Crippen molar-refractivity contribution in [2.75, 3.05) is 25.0 Å². The van der Waals surface area contributed by atoms with Gasteiger partial charge in [0, 0.05) is 11.8 Å². The number of hydrogen-bond acceptors (Lipinski definition) is 4. The zero-order valence-electron chi connectivity index (χ0n) is 9.16. The maximum absolute atomic E-state index is 12.0. The van der Waals surface area contributed by atoms with Crippen molar-refractivity contribution in [3.05, 3.63) is 0 Å². The second kappa shape index (κ2) is 7.28. The third kappa shape index (κ3) is 8.69. The Morgan fingerprint density at radius 1 is 1.07 bits per heavy atom. The molecular weight excluding hydrogens is 278 g/mol. The van der Waals surface area contributed by atoms with Gasteiger partial charge in [-0.15, -0.1) is 23.2 Å². The molecule has 0 bridgehead atoms. The Morgan fingerprint density at radius 2 is 1.47 bits per heavy atom. The molecule has 0 aromatic heterocycles. The predicted molar refractivity (Wildman–Crippen MR) is 65.4 cm³/mol. The summed E-state index contributed by atoms with van der Waals surface area (Å²) < 4.78 is 27.4. The summed E-state index contributed by atoms with van der Waals surface area (Å²) in [4.78, 5) is 0. The summed E-state index contributed by atoms with van der Waals surface area (Å²) in [5.74, 6) is 0.479. The van der Waals surface area contributed by atoms with E-state index in [1.165, 1.54) is 0 Å². The molecule has 0 heterocycles. The predicted octanol–water partition coefficient (Wildman–Crippen LogP) is 3.46. The fraction of sp³-hybridized carbons (Fsp3) is 1.00. The summed E-state index contributed by atoms with van der Waals surface area (Å²) in [6.45, 7) is 5.95. The van der Waals surface area contributed by atoms with Gasteiger partial charge < -0.3 is 4.21 Å². The van der Waals surface area contributed by atoms with Gasteiger partial charge in [-0.2, -0.15) is 0 Å².